The average Bonchev–Trinajstić information content (AvgIpc) is 2.30. The van der Waals surface area contributed by atoms with Crippen molar-refractivity contribution in [3.63, 3.8) is 0 Å². The summed E-state index contributed by atoms with van der Waals surface area (Å²) in [4.78, 5) is 0. The summed E-state index contributed by atoms with van der Waals surface area (Å²) in [6, 6.07) is 0. The zero-order chi connectivity index (χ0) is 14.1. The average molecular weight is 258 g/mol. The maximum Gasteiger partial charge on any atom is 0.0909 e. The normalized spacial score (nSPS) is 13.0. The van der Waals surface area contributed by atoms with Crippen molar-refractivity contribution in [3.8, 4) is 0 Å². The van der Waals surface area contributed by atoms with Gasteiger partial charge in [-0.2, -0.15) is 0 Å². The molecular weight excluding hydrogens is 224 g/mol. The van der Waals surface area contributed by atoms with Gasteiger partial charge in [-0.05, 0) is 40.5 Å². The fourth-order valence-corrected chi connectivity index (χ4v) is 1.71. The minimum Gasteiger partial charge on any atom is -0.373 e. The number of rotatable bonds is 11. The molecule has 0 amide bonds. The number of unbranched alkanes of at least 4 members (excludes halogenated alkanes) is 4. The van der Waals surface area contributed by atoms with Crippen molar-refractivity contribution >= 4 is 0 Å². The first kappa shape index (κ1) is 17.9. The first-order valence-electron chi connectivity index (χ1n) is 7.65. The molecule has 0 N–H and O–H groups in total. The second-order valence-corrected chi connectivity index (χ2v) is 6.13. The highest BCUT2D eigenvalue weighted by molar-refractivity contribution is 4.89. The van der Waals surface area contributed by atoms with Crippen LogP contribution < -0.4 is 0 Å². The fraction of sp³-hybridized carbons (Fsp3) is 1.00. The Bertz CT molecular complexity index is 175. The van der Waals surface area contributed by atoms with Crippen molar-refractivity contribution in [2.75, 3.05) is 13.2 Å². The SMILES string of the molecule is CCCCCOC(C)(C)C(C)(C)OCCCCC. The summed E-state index contributed by atoms with van der Waals surface area (Å²) >= 11 is 0. The molecule has 0 atom stereocenters. The van der Waals surface area contributed by atoms with Crippen LogP contribution >= 0.6 is 0 Å². The van der Waals surface area contributed by atoms with Crippen LogP contribution in [0.15, 0.2) is 0 Å². The van der Waals surface area contributed by atoms with Gasteiger partial charge in [-0.1, -0.05) is 39.5 Å². The second-order valence-electron chi connectivity index (χ2n) is 6.13. The molecule has 0 saturated heterocycles. The van der Waals surface area contributed by atoms with Crippen molar-refractivity contribution in [1.29, 1.82) is 0 Å². The van der Waals surface area contributed by atoms with E-state index in [1.165, 1.54) is 25.7 Å². The highest BCUT2D eigenvalue weighted by Gasteiger charge is 2.38. The van der Waals surface area contributed by atoms with Crippen LogP contribution in [-0.2, 0) is 9.47 Å². The van der Waals surface area contributed by atoms with E-state index in [9.17, 15) is 0 Å². The molecule has 0 aromatic heterocycles. The van der Waals surface area contributed by atoms with Gasteiger partial charge in [-0.25, -0.2) is 0 Å². The molecule has 0 aliphatic carbocycles. The lowest BCUT2D eigenvalue weighted by Crippen LogP contribution is -2.49. The van der Waals surface area contributed by atoms with E-state index in [2.05, 4.69) is 41.5 Å². The molecule has 0 aromatic rings. The third-order valence-electron chi connectivity index (χ3n) is 3.87. The van der Waals surface area contributed by atoms with Crippen LogP contribution in [0.25, 0.3) is 0 Å². The first-order chi connectivity index (χ1) is 8.37. The van der Waals surface area contributed by atoms with Gasteiger partial charge in [0, 0.05) is 13.2 Å². The highest BCUT2D eigenvalue weighted by atomic mass is 16.6. The molecule has 0 spiro atoms. The van der Waals surface area contributed by atoms with Gasteiger partial charge >= 0.3 is 0 Å². The zero-order valence-electron chi connectivity index (χ0n) is 13.5. The van der Waals surface area contributed by atoms with Crippen molar-refractivity contribution in [2.24, 2.45) is 0 Å². The molecule has 0 bridgehead atoms. The smallest absolute Gasteiger partial charge is 0.0909 e. The van der Waals surface area contributed by atoms with Crippen LogP contribution in [0, 0.1) is 0 Å². The summed E-state index contributed by atoms with van der Waals surface area (Å²) in [6.07, 6.45) is 7.25. The highest BCUT2D eigenvalue weighted by Crippen LogP contribution is 2.29. The standard InChI is InChI=1S/C16H34O2/c1-7-9-11-13-17-15(3,4)16(5,6)18-14-12-10-8-2/h7-14H2,1-6H3. The summed E-state index contributed by atoms with van der Waals surface area (Å²) in [6.45, 7) is 14.7. The van der Waals surface area contributed by atoms with Crippen LogP contribution in [0.2, 0.25) is 0 Å². The molecule has 0 aliphatic heterocycles. The second kappa shape index (κ2) is 8.92. The summed E-state index contributed by atoms with van der Waals surface area (Å²) in [5.41, 5.74) is -0.458. The monoisotopic (exact) mass is 258 g/mol. The predicted molar refractivity (Wildman–Crippen MR) is 79.1 cm³/mol. The summed E-state index contributed by atoms with van der Waals surface area (Å²) in [5.74, 6) is 0. The predicted octanol–water partition coefficient (Wildman–Crippen LogP) is 4.96. The molecule has 2 nitrogen and oxygen atoms in total. The minimum atomic E-state index is -0.229. The molecule has 0 fully saturated rings. The molecule has 0 heterocycles. The summed E-state index contributed by atoms with van der Waals surface area (Å²) in [7, 11) is 0. The Hall–Kier alpha value is -0.0800. The fourth-order valence-electron chi connectivity index (χ4n) is 1.71. The van der Waals surface area contributed by atoms with Gasteiger partial charge in [-0.3, -0.25) is 0 Å². The van der Waals surface area contributed by atoms with E-state index in [1.807, 2.05) is 0 Å². The first-order valence-corrected chi connectivity index (χ1v) is 7.65. The molecule has 0 rings (SSSR count). The van der Waals surface area contributed by atoms with Crippen molar-refractivity contribution in [2.45, 2.75) is 91.3 Å². The minimum absolute atomic E-state index is 0.229. The van der Waals surface area contributed by atoms with Gasteiger partial charge < -0.3 is 9.47 Å². The Balaban J connectivity index is 4.02. The van der Waals surface area contributed by atoms with E-state index >= 15 is 0 Å². The van der Waals surface area contributed by atoms with E-state index in [0.29, 0.717) is 0 Å². The largest absolute Gasteiger partial charge is 0.373 e. The topological polar surface area (TPSA) is 18.5 Å². The van der Waals surface area contributed by atoms with Crippen molar-refractivity contribution in [3.05, 3.63) is 0 Å². The lowest BCUT2D eigenvalue weighted by atomic mass is 9.89. The molecule has 110 valence electrons. The third kappa shape index (κ3) is 6.75. The molecular formula is C16H34O2. The molecule has 0 aromatic carbocycles. The molecule has 18 heavy (non-hydrogen) atoms. The molecule has 0 saturated carbocycles. The lowest BCUT2D eigenvalue weighted by molar-refractivity contribution is -0.177. The van der Waals surface area contributed by atoms with E-state index in [4.69, 9.17) is 9.47 Å². The van der Waals surface area contributed by atoms with Crippen molar-refractivity contribution < 1.29 is 9.47 Å². The van der Waals surface area contributed by atoms with Gasteiger partial charge in [0.1, 0.15) is 0 Å². The summed E-state index contributed by atoms with van der Waals surface area (Å²) in [5, 5.41) is 0. The zero-order valence-corrected chi connectivity index (χ0v) is 13.5. The Morgan fingerprint density at radius 1 is 0.611 bits per heavy atom. The quantitative estimate of drug-likeness (QED) is 0.488. The van der Waals surface area contributed by atoms with E-state index in [-0.39, 0.29) is 11.2 Å². The van der Waals surface area contributed by atoms with E-state index in [1.54, 1.807) is 0 Å². The molecule has 0 unspecified atom stereocenters. The number of hydrogen-bond acceptors (Lipinski definition) is 2. The maximum atomic E-state index is 6.03. The Kier molecular flexibility index (Phi) is 8.89. The van der Waals surface area contributed by atoms with Gasteiger partial charge in [0.2, 0.25) is 0 Å². The van der Waals surface area contributed by atoms with Crippen LogP contribution in [0.3, 0.4) is 0 Å². The Morgan fingerprint density at radius 3 is 1.22 bits per heavy atom. The van der Waals surface area contributed by atoms with E-state index < -0.39 is 0 Å². The maximum absolute atomic E-state index is 6.03. The van der Waals surface area contributed by atoms with Gasteiger partial charge in [0.15, 0.2) is 0 Å². The third-order valence-corrected chi connectivity index (χ3v) is 3.87. The molecule has 2 heteroatoms. The van der Waals surface area contributed by atoms with Crippen LogP contribution in [-0.4, -0.2) is 24.4 Å². The van der Waals surface area contributed by atoms with Gasteiger partial charge in [0.25, 0.3) is 0 Å². The molecule has 0 aliphatic rings. The van der Waals surface area contributed by atoms with E-state index in [0.717, 1.165) is 26.1 Å². The van der Waals surface area contributed by atoms with Crippen LogP contribution in [0.4, 0.5) is 0 Å². The Labute approximate surface area is 114 Å². The van der Waals surface area contributed by atoms with Crippen LogP contribution in [0.1, 0.15) is 80.1 Å². The van der Waals surface area contributed by atoms with Gasteiger partial charge in [0.05, 0.1) is 11.2 Å². The van der Waals surface area contributed by atoms with Gasteiger partial charge in [-0.15, -0.1) is 0 Å². The lowest BCUT2D eigenvalue weighted by Gasteiger charge is -2.41. The summed E-state index contributed by atoms with van der Waals surface area (Å²) < 4.78 is 12.1. The Morgan fingerprint density at radius 2 is 0.944 bits per heavy atom. The number of ether oxygens (including phenoxy) is 2. The van der Waals surface area contributed by atoms with Crippen LogP contribution in [0.5, 0.6) is 0 Å². The van der Waals surface area contributed by atoms with Crippen molar-refractivity contribution in [1.82, 2.24) is 0 Å². The molecule has 0 radical (unpaired) electrons. The number of hydrogen-bond donors (Lipinski definition) is 0.